The summed E-state index contributed by atoms with van der Waals surface area (Å²) >= 11 is 0. The van der Waals surface area contributed by atoms with Crippen molar-refractivity contribution in [3.8, 4) is 0 Å². The lowest BCUT2D eigenvalue weighted by molar-refractivity contribution is -0.121. The Morgan fingerprint density at radius 1 is 1.73 bits per heavy atom. The molecule has 0 bridgehead atoms. The molecule has 15 heavy (non-hydrogen) atoms. The van der Waals surface area contributed by atoms with E-state index in [1.54, 1.807) is 0 Å². The predicted molar refractivity (Wildman–Crippen MR) is 55.9 cm³/mol. The van der Waals surface area contributed by atoms with E-state index in [0.717, 1.165) is 5.82 Å². The van der Waals surface area contributed by atoms with Gasteiger partial charge in [0.05, 0.1) is 0 Å². The molecule has 0 saturated carbocycles. The Balaban J connectivity index is 2.12. The molecule has 1 aromatic rings. The SMILES string of the molecule is CC(CN)CC(=O)NCCc1ncn[nH]1. The molecule has 0 aromatic carbocycles. The Kier molecular flexibility index (Phi) is 4.76. The van der Waals surface area contributed by atoms with Crippen LogP contribution >= 0.6 is 0 Å². The summed E-state index contributed by atoms with van der Waals surface area (Å²) in [5.74, 6) is 1.05. The lowest BCUT2D eigenvalue weighted by Crippen LogP contribution is -2.28. The summed E-state index contributed by atoms with van der Waals surface area (Å²) in [6.07, 6.45) is 2.60. The molecule has 4 N–H and O–H groups in total. The number of hydrogen-bond acceptors (Lipinski definition) is 4. The third kappa shape index (κ3) is 4.55. The summed E-state index contributed by atoms with van der Waals surface area (Å²) < 4.78 is 0. The maximum atomic E-state index is 11.3. The second-order valence-electron chi connectivity index (χ2n) is 3.58. The zero-order valence-electron chi connectivity index (χ0n) is 8.86. The van der Waals surface area contributed by atoms with Gasteiger partial charge in [-0.1, -0.05) is 6.92 Å². The lowest BCUT2D eigenvalue weighted by atomic mass is 10.1. The topological polar surface area (TPSA) is 96.7 Å². The standard InChI is InChI=1S/C9H17N5O/c1-7(5-10)4-9(15)11-3-2-8-12-6-13-14-8/h6-7H,2-5,10H2,1H3,(H,11,15)(H,12,13,14). The highest BCUT2D eigenvalue weighted by molar-refractivity contribution is 5.76. The van der Waals surface area contributed by atoms with E-state index in [1.807, 2.05) is 6.92 Å². The van der Waals surface area contributed by atoms with E-state index < -0.39 is 0 Å². The van der Waals surface area contributed by atoms with Gasteiger partial charge in [-0.25, -0.2) is 4.98 Å². The summed E-state index contributed by atoms with van der Waals surface area (Å²) in [6, 6.07) is 0. The lowest BCUT2D eigenvalue weighted by Gasteiger charge is -2.08. The van der Waals surface area contributed by atoms with E-state index in [0.29, 0.717) is 25.9 Å². The molecular weight excluding hydrogens is 194 g/mol. The molecule has 1 rings (SSSR count). The number of H-pyrrole nitrogens is 1. The maximum Gasteiger partial charge on any atom is 0.220 e. The minimum absolute atomic E-state index is 0.0347. The molecule has 0 radical (unpaired) electrons. The van der Waals surface area contributed by atoms with Crippen molar-refractivity contribution < 1.29 is 4.79 Å². The van der Waals surface area contributed by atoms with Gasteiger partial charge in [0.25, 0.3) is 0 Å². The molecule has 0 saturated heterocycles. The van der Waals surface area contributed by atoms with Crippen LogP contribution in [-0.2, 0) is 11.2 Å². The van der Waals surface area contributed by atoms with Crippen LogP contribution in [0, 0.1) is 5.92 Å². The van der Waals surface area contributed by atoms with Crippen molar-refractivity contribution in [1.82, 2.24) is 20.5 Å². The van der Waals surface area contributed by atoms with Gasteiger partial charge in [-0.15, -0.1) is 0 Å². The molecule has 84 valence electrons. The molecule has 6 nitrogen and oxygen atoms in total. The number of nitrogens with one attached hydrogen (secondary N) is 2. The van der Waals surface area contributed by atoms with Crippen LogP contribution in [0.2, 0.25) is 0 Å². The van der Waals surface area contributed by atoms with Crippen LogP contribution in [-0.4, -0.2) is 34.2 Å². The second-order valence-corrected chi connectivity index (χ2v) is 3.58. The van der Waals surface area contributed by atoms with Crippen molar-refractivity contribution in [2.24, 2.45) is 11.7 Å². The number of amides is 1. The van der Waals surface area contributed by atoms with Crippen molar-refractivity contribution in [2.45, 2.75) is 19.8 Å². The number of nitrogens with zero attached hydrogens (tertiary/aromatic N) is 2. The Hall–Kier alpha value is -1.43. The average molecular weight is 211 g/mol. The number of aromatic nitrogens is 3. The van der Waals surface area contributed by atoms with E-state index in [1.165, 1.54) is 6.33 Å². The molecule has 6 heteroatoms. The van der Waals surface area contributed by atoms with Crippen molar-refractivity contribution >= 4 is 5.91 Å². The molecule has 0 aliphatic heterocycles. The van der Waals surface area contributed by atoms with Crippen molar-refractivity contribution in [3.63, 3.8) is 0 Å². The van der Waals surface area contributed by atoms with E-state index in [2.05, 4.69) is 20.5 Å². The molecule has 1 amide bonds. The Morgan fingerprint density at radius 3 is 3.13 bits per heavy atom. The van der Waals surface area contributed by atoms with Crippen LogP contribution in [0.15, 0.2) is 6.33 Å². The molecule has 1 unspecified atom stereocenters. The van der Waals surface area contributed by atoms with E-state index in [-0.39, 0.29) is 11.8 Å². The largest absolute Gasteiger partial charge is 0.356 e. The highest BCUT2D eigenvalue weighted by Gasteiger charge is 2.06. The molecule has 0 aliphatic rings. The zero-order chi connectivity index (χ0) is 11.1. The second kappa shape index (κ2) is 6.13. The number of nitrogens with two attached hydrogens (primary N) is 1. The number of aromatic amines is 1. The van der Waals surface area contributed by atoms with E-state index >= 15 is 0 Å². The van der Waals surface area contributed by atoms with Crippen LogP contribution in [0.1, 0.15) is 19.2 Å². The van der Waals surface area contributed by atoms with Gasteiger partial charge >= 0.3 is 0 Å². The molecule has 1 atom stereocenters. The fraction of sp³-hybridized carbons (Fsp3) is 0.667. The average Bonchev–Trinajstić information content (AvgIpc) is 2.70. The highest BCUT2D eigenvalue weighted by Crippen LogP contribution is 1.97. The molecule has 0 fully saturated rings. The summed E-state index contributed by atoms with van der Waals surface area (Å²) in [6.45, 7) is 3.07. The third-order valence-electron chi connectivity index (χ3n) is 2.09. The predicted octanol–water partition coefficient (Wildman–Crippen LogP) is -0.552. The van der Waals surface area contributed by atoms with Crippen molar-refractivity contribution in [3.05, 3.63) is 12.2 Å². The van der Waals surface area contributed by atoms with Gasteiger partial charge in [0.2, 0.25) is 5.91 Å². The number of carbonyl (C=O) groups excluding carboxylic acids is 1. The number of hydrogen-bond donors (Lipinski definition) is 3. The first-order valence-electron chi connectivity index (χ1n) is 5.03. The van der Waals surface area contributed by atoms with Crippen LogP contribution in [0.5, 0.6) is 0 Å². The first kappa shape index (κ1) is 11.6. The Morgan fingerprint density at radius 2 is 2.53 bits per heavy atom. The van der Waals surface area contributed by atoms with E-state index in [9.17, 15) is 4.79 Å². The summed E-state index contributed by atoms with van der Waals surface area (Å²) in [4.78, 5) is 15.3. The normalized spacial score (nSPS) is 12.4. The van der Waals surface area contributed by atoms with Crippen LogP contribution in [0.25, 0.3) is 0 Å². The Bertz CT molecular complexity index is 285. The van der Waals surface area contributed by atoms with Gasteiger partial charge in [-0.2, -0.15) is 5.10 Å². The minimum Gasteiger partial charge on any atom is -0.356 e. The fourth-order valence-corrected chi connectivity index (χ4v) is 1.14. The van der Waals surface area contributed by atoms with Gasteiger partial charge in [-0.3, -0.25) is 9.89 Å². The minimum atomic E-state index is 0.0347. The van der Waals surface area contributed by atoms with Crippen molar-refractivity contribution in [2.75, 3.05) is 13.1 Å². The molecule has 1 heterocycles. The molecule has 0 aliphatic carbocycles. The monoisotopic (exact) mass is 211 g/mol. The molecular formula is C9H17N5O. The van der Waals surface area contributed by atoms with Gasteiger partial charge in [0, 0.05) is 19.4 Å². The number of carbonyl (C=O) groups is 1. The van der Waals surface area contributed by atoms with Gasteiger partial charge in [-0.05, 0) is 12.5 Å². The first-order valence-corrected chi connectivity index (χ1v) is 5.03. The number of rotatable bonds is 6. The van der Waals surface area contributed by atoms with Gasteiger partial charge in [0.15, 0.2) is 0 Å². The van der Waals surface area contributed by atoms with Gasteiger partial charge < -0.3 is 11.1 Å². The van der Waals surface area contributed by atoms with Crippen LogP contribution in [0.4, 0.5) is 0 Å². The highest BCUT2D eigenvalue weighted by atomic mass is 16.1. The third-order valence-corrected chi connectivity index (χ3v) is 2.09. The van der Waals surface area contributed by atoms with E-state index in [4.69, 9.17) is 5.73 Å². The van der Waals surface area contributed by atoms with Gasteiger partial charge in [0.1, 0.15) is 12.2 Å². The molecule has 1 aromatic heterocycles. The quantitative estimate of drug-likeness (QED) is 0.588. The smallest absolute Gasteiger partial charge is 0.220 e. The van der Waals surface area contributed by atoms with Crippen molar-refractivity contribution in [1.29, 1.82) is 0 Å². The maximum absolute atomic E-state index is 11.3. The van der Waals surface area contributed by atoms with Crippen LogP contribution in [0.3, 0.4) is 0 Å². The first-order chi connectivity index (χ1) is 7.22. The summed E-state index contributed by atoms with van der Waals surface area (Å²) in [7, 11) is 0. The Labute approximate surface area is 88.7 Å². The zero-order valence-corrected chi connectivity index (χ0v) is 8.86. The summed E-state index contributed by atoms with van der Waals surface area (Å²) in [5.41, 5.74) is 5.42. The van der Waals surface area contributed by atoms with Crippen LogP contribution < -0.4 is 11.1 Å². The summed E-state index contributed by atoms with van der Waals surface area (Å²) in [5, 5.41) is 9.25. The molecule has 0 spiro atoms. The fourth-order valence-electron chi connectivity index (χ4n) is 1.14.